The van der Waals surface area contributed by atoms with Crippen molar-refractivity contribution < 1.29 is 32.2 Å². The molecule has 0 unspecified atom stereocenters. The summed E-state index contributed by atoms with van der Waals surface area (Å²) in [5, 5.41) is 4.00. The third-order valence-electron chi connectivity index (χ3n) is 5.55. The van der Waals surface area contributed by atoms with Gasteiger partial charge >= 0.3 is 0 Å². The van der Waals surface area contributed by atoms with Crippen molar-refractivity contribution in [2.45, 2.75) is 11.8 Å². The molecule has 12 heteroatoms. The Labute approximate surface area is 242 Å². The van der Waals surface area contributed by atoms with Crippen LogP contribution in [0, 0.1) is 6.92 Å². The summed E-state index contributed by atoms with van der Waals surface area (Å²) in [5.41, 5.74) is 4.09. The smallest absolute Gasteiger partial charge is 0.264 e. The minimum atomic E-state index is -4.13. The molecule has 40 heavy (non-hydrogen) atoms. The Morgan fingerprint density at radius 2 is 1.68 bits per heavy atom. The number of ether oxygens (including phenoxy) is 4. The number of amides is 1. The Balaban J connectivity index is 1.88. The molecule has 1 N–H and O–H groups in total. The molecule has 0 bridgehead atoms. The van der Waals surface area contributed by atoms with Gasteiger partial charge in [-0.15, -0.1) is 0 Å². The lowest BCUT2D eigenvalue weighted by Crippen LogP contribution is -2.39. The van der Waals surface area contributed by atoms with Crippen molar-refractivity contribution in [3.05, 3.63) is 82.9 Å². The van der Waals surface area contributed by atoms with Crippen LogP contribution in [0.5, 0.6) is 23.0 Å². The molecule has 1 amide bonds. The Hall–Kier alpha value is -4.03. The number of nitrogens with zero attached hydrogens (tertiary/aromatic N) is 2. The summed E-state index contributed by atoms with van der Waals surface area (Å²) < 4.78 is 50.5. The highest BCUT2D eigenvalue weighted by atomic mass is 79.9. The molecule has 0 aromatic heterocycles. The van der Waals surface area contributed by atoms with Crippen LogP contribution in [0.3, 0.4) is 0 Å². The minimum absolute atomic E-state index is 0.0277. The number of halogens is 1. The fourth-order valence-electron chi connectivity index (χ4n) is 3.57. The van der Waals surface area contributed by atoms with Gasteiger partial charge in [-0.1, -0.05) is 30.4 Å². The van der Waals surface area contributed by atoms with Crippen LogP contribution in [-0.4, -0.2) is 55.0 Å². The van der Waals surface area contributed by atoms with Crippen molar-refractivity contribution in [1.82, 2.24) is 5.43 Å². The first-order valence-electron chi connectivity index (χ1n) is 11.9. The lowest BCUT2D eigenvalue weighted by Gasteiger charge is -2.24. The summed E-state index contributed by atoms with van der Waals surface area (Å²) in [7, 11) is 0.278. The highest BCUT2D eigenvalue weighted by Gasteiger charge is 2.28. The van der Waals surface area contributed by atoms with Gasteiger partial charge in [-0.25, -0.2) is 13.8 Å². The third kappa shape index (κ3) is 7.33. The number of hydrazone groups is 1. The zero-order valence-corrected chi connectivity index (χ0v) is 24.9. The van der Waals surface area contributed by atoms with E-state index in [0.717, 1.165) is 9.87 Å². The second-order valence-electron chi connectivity index (χ2n) is 8.29. The van der Waals surface area contributed by atoms with Gasteiger partial charge in [-0.2, -0.15) is 5.10 Å². The van der Waals surface area contributed by atoms with Crippen molar-refractivity contribution in [3.63, 3.8) is 0 Å². The van der Waals surface area contributed by atoms with Crippen LogP contribution in [0.4, 0.5) is 5.69 Å². The number of carbonyl (C=O) groups is 1. The van der Waals surface area contributed by atoms with E-state index < -0.39 is 22.5 Å². The van der Waals surface area contributed by atoms with Crippen molar-refractivity contribution in [2.75, 3.05) is 38.8 Å². The minimum Gasteiger partial charge on any atom is -0.493 e. The fourth-order valence-corrected chi connectivity index (χ4v) is 5.56. The Morgan fingerprint density at radius 3 is 2.30 bits per heavy atom. The first-order valence-corrected chi connectivity index (χ1v) is 14.1. The van der Waals surface area contributed by atoms with E-state index >= 15 is 0 Å². The molecule has 0 aliphatic carbocycles. The Morgan fingerprint density at radius 1 is 1.00 bits per heavy atom. The SMILES string of the molecule is C=CCOc1c(Br)cc(/C=N\NC(=O)CN(c2ccc(OC)c(OC)c2)S(=O)(=O)c2ccc(C)cc2)cc1OC. The van der Waals surface area contributed by atoms with Gasteiger partial charge in [0.15, 0.2) is 23.0 Å². The van der Waals surface area contributed by atoms with Gasteiger partial charge in [0.05, 0.1) is 42.6 Å². The van der Waals surface area contributed by atoms with Crippen LogP contribution >= 0.6 is 15.9 Å². The number of carbonyl (C=O) groups excluding carboxylic acids is 1. The molecule has 10 nitrogen and oxygen atoms in total. The normalized spacial score (nSPS) is 11.1. The van der Waals surface area contributed by atoms with Gasteiger partial charge in [-0.05, 0) is 64.8 Å². The standard InChI is InChI=1S/C28H30BrN3O7S/c1-6-13-39-28-23(29)14-20(15-26(28)38-5)17-30-31-27(33)18-32(21-9-12-24(36-3)25(16-21)37-4)40(34,35)22-10-7-19(2)8-11-22/h6-12,14-17H,1,13,18H2,2-5H3,(H,31,33)/b30-17-. The quantitative estimate of drug-likeness (QED) is 0.165. The number of hydrogen-bond donors (Lipinski definition) is 1. The largest absolute Gasteiger partial charge is 0.493 e. The molecular formula is C28H30BrN3O7S. The van der Waals surface area contributed by atoms with Crippen LogP contribution in [-0.2, 0) is 14.8 Å². The lowest BCUT2D eigenvalue weighted by atomic mass is 10.2. The summed E-state index contributed by atoms with van der Waals surface area (Å²) >= 11 is 3.44. The average Bonchev–Trinajstić information content (AvgIpc) is 2.94. The first kappa shape index (κ1) is 30.5. The van der Waals surface area contributed by atoms with E-state index in [4.69, 9.17) is 18.9 Å². The highest BCUT2D eigenvalue weighted by molar-refractivity contribution is 9.10. The Kier molecular flexibility index (Phi) is 10.6. The zero-order valence-electron chi connectivity index (χ0n) is 22.5. The molecule has 0 radical (unpaired) electrons. The Bertz CT molecular complexity index is 1490. The van der Waals surface area contributed by atoms with Crippen molar-refractivity contribution >= 4 is 43.8 Å². The second kappa shape index (κ2) is 13.9. The summed E-state index contributed by atoms with van der Waals surface area (Å²) in [4.78, 5) is 13.0. The van der Waals surface area contributed by atoms with Crippen LogP contribution in [0.1, 0.15) is 11.1 Å². The average molecular weight is 633 g/mol. The number of sulfonamides is 1. The maximum atomic E-state index is 13.6. The second-order valence-corrected chi connectivity index (χ2v) is 11.0. The number of anilines is 1. The van der Waals surface area contributed by atoms with Crippen LogP contribution in [0.25, 0.3) is 0 Å². The number of nitrogens with one attached hydrogen (secondary N) is 1. The molecule has 0 heterocycles. The summed E-state index contributed by atoms with van der Waals surface area (Å²) in [6.45, 7) is 5.22. The lowest BCUT2D eigenvalue weighted by molar-refractivity contribution is -0.119. The molecule has 0 aliphatic heterocycles. The van der Waals surface area contributed by atoms with Gasteiger partial charge in [0.25, 0.3) is 15.9 Å². The van der Waals surface area contributed by atoms with E-state index in [1.807, 2.05) is 6.92 Å². The number of benzene rings is 3. The first-order chi connectivity index (χ1) is 19.1. The number of aryl methyl sites for hydroxylation is 1. The van der Waals surface area contributed by atoms with Crippen molar-refractivity contribution in [1.29, 1.82) is 0 Å². The molecule has 0 aliphatic rings. The molecule has 0 atom stereocenters. The van der Waals surface area contributed by atoms with Gasteiger partial charge in [-0.3, -0.25) is 9.10 Å². The molecular weight excluding hydrogens is 602 g/mol. The molecule has 0 spiro atoms. The van der Waals surface area contributed by atoms with Crippen LogP contribution in [0.2, 0.25) is 0 Å². The van der Waals surface area contributed by atoms with Crippen LogP contribution in [0.15, 0.2) is 81.7 Å². The van der Waals surface area contributed by atoms with Crippen LogP contribution < -0.4 is 28.7 Å². The van der Waals surface area contributed by atoms with E-state index in [2.05, 4.69) is 33.0 Å². The monoisotopic (exact) mass is 631 g/mol. The number of rotatable bonds is 13. The number of methoxy groups -OCH3 is 3. The molecule has 0 saturated heterocycles. The van der Waals surface area contributed by atoms with E-state index in [0.29, 0.717) is 39.6 Å². The molecule has 3 aromatic carbocycles. The maximum Gasteiger partial charge on any atom is 0.264 e. The van der Waals surface area contributed by atoms with Crippen molar-refractivity contribution in [2.24, 2.45) is 5.10 Å². The third-order valence-corrected chi connectivity index (χ3v) is 7.93. The predicted octanol–water partition coefficient (Wildman–Crippen LogP) is 4.69. The number of hydrogen-bond acceptors (Lipinski definition) is 8. The van der Waals surface area contributed by atoms with E-state index in [1.54, 1.807) is 36.4 Å². The van der Waals surface area contributed by atoms with Crippen molar-refractivity contribution in [3.8, 4) is 23.0 Å². The zero-order chi connectivity index (χ0) is 29.3. The molecule has 3 aromatic rings. The fraction of sp³-hybridized carbons (Fsp3) is 0.214. The van der Waals surface area contributed by atoms with E-state index in [1.165, 1.54) is 51.8 Å². The summed E-state index contributed by atoms with van der Waals surface area (Å²) in [5.74, 6) is 1.00. The van der Waals surface area contributed by atoms with Gasteiger partial charge in [0.2, 0.25) is 0 Å². The van der Waals surface area contributed by atoms with E-state index in [-0.39, 0.29) is 10.6 Å². The predicted molar refractivity (Wildman–Crippen MR) is 157 cm³/mol. The molecule has 3 rings (SSSR count). The van der Waals surface area contributed by atoms with Gasteiger partial charge < -0.3 is 18.9 Å². The molecule has 0 fully saturated rings. The van der Waals surface area contributed by atoms with Gasteiger partial charge in [0.1, 0.15) is 13.2 Å². The highest BCUT2D eigenvalue weighted by Crippen LogP contribution is 2.36. The van der Waals surface area contributed by atoms with Gasteiger partial charge in [0, 0.05) is 6.07 Å². The topological polar surface area (TPSA) is 116 Å². The summed E-state index contributed by atoms with van der Waals surface area (Å²) in [6.07, 6.45) is 3.01. The maximum absolute atomic E-state index is 13.6. The van der Waals surface area contributed by atoms with E-state index in [9.17, 15) is 13.2 Å². The molecule has 212 valence electrons. The molecule has 0 saturated carbocycles. The summed E-state index contributed by atoms with van der Waals surface area (Å²) in [6, 6.07) is 14.3.